The van der Waals surface area contributed by atoms with E-state index in [9.17, 15) is 9.59 Å². The van der Waals surface area contributed by atoms with Crippen molar-refractivity contribution in [3.05, 3.63) is 35.4 Å². The van der Waals surface area contributed by atoms with Gasteiger partial charge in [0.2, 0.25) is 11.8 Å². The van der Waals surface area contributed by atoms with Crippen molar-refractivity contribution in [3.8, 4) is 0 Å². The summed E-state index contributed by atoms with van der Waals surface area (Å²) < 4.78 is 0. The Morgan fingerprint density at radius 3 is 2.75 bits per heavy atom. The summed E-state index contributed by atoms with van der Waals surface area (Å²) in [5.74, 6) is -0.305. The molecule has 6 nitrogen and oxygen atoms in total. The molecule has 1 aliphatic heterocycles. The molecule has 24 heavy (non-hydrogen) atoms. The molecule has 130 valence electrons. The van der Waals surface area contributed by atoms with Crippen molar-refractivity contribution >= 4 is 11.8 Å². The number of amides is 2. The first-order chi connectivity index (χ1) is 11.5. The first-order valence-electron chi connectivity index (χ1n) is 8.63. The van der Waals surface area contributed by atoms with E-state index in [0.717, 1.165) is 50.9 Å². The molecule has 3 rings (SSSR count). The van der Waals surface area contributed by atoms with E-state index in [4.69, 9.17) is 11.5 Å². The Kier molecular flexibility index (Phi) is 4.87. The molecule has 1 aromatic carbocycles. The molecular formula is C18H26N4O2. The van der Waals surface area contributed by atoms with E-state index in [1.165, 1.54) is 5.56 Å². The van der Waals surface area contributed by atoms with Crippen LogP contribution in [0.3, 0.4) is 0 Å². The van der Waals surface area contributed by atoms with Gasteiger partial charge in [0.1, 0.15) is 0 Å². The van der Waals surface area contributed by atoms with Gasteiger partial charge in [-0.15, -0.1) is 0 Å². The van der Waals surface area contributed by atoms with Gasteiger partial charge in [0, 0.05) is 19.6 Å². The number of carbonyl (C=O) groups excluding carboxylic acids is 2. The first-order valence-corrected chi connectivity index (χ1v) is 8.63. The van der Waals surface area contributed by atoms with Crippen LogP contribution < -0.4 is 16.8 Å². The number of rotatable bonds is 6. The summed E-state index contributed by atoms with van der Waals surface area (Å²) in [5.41, 5.74) is 12.9. The van der Waals surface area contributed by atoms with Crippen LogP contribution in [0.15, 0.2) is 24.3 Å². The number of carbonyl (C=O) groups is 2. The first kappa shape index (κ1) is 16.9. The van der Waals surface area contributed by atoms with Crippen molar-refractivity contribution in [2.24, 2.45) is 17.4 Å². The number of nitrogens with one attached hydrogen (secondary N) is 1. The number of primary amides is 1. The van der Waals surface area contributed by atoms with Crippen molar-refractivity contribution in [1.29, 1.82) is 0 Å². The van der Waals surface area contributed by atoms with Crippen LogP contribution in [0, 0.1) is 5.92 Å². The Labute approximate surface area is 142 Å². The van der Waals surface area contributed by atoms with Crippen LogP contribution in [0.1, 0.15) is 36.8 Å². The topological polar surface area (TPSA) is 101 Å². The van der Waals surface area contributed by atoms with Gasteiger partial charge in [0.15, 0.2) is 0 Å². The maximum Gasteiger partial charge on any atom is 0.240 e. The predicted molar refractivity (Wildman–Crippen MR) is 91.6 cm³/mol. The van der Waals surface area contributed by atoms with Gasteiger partial charge in [-0.1, -0.05) is 24.3 Å². The molecule has 1 saturated heterocycles. The fourth-order valence-corrected chi connectivity index (χ4v) is 3.25. The highest BCUT2D eigenvalue weighted by Gasteiger charge is 2.45. The van der Waals surface area contributed by atoms with E-state index < -0.39 is 5.54 Å². The van der Waals surface area contributed by atoms with Gasteiger partial charge in [-0.05, 0) is 43.4 Å². The highest BCUT2D eigenvalue weighted by atomic mass is 16.2. The van der Waals surface area contributed by atoms with Crippen molar-refractivity contribution in [2.45, 2.75) is 44.3 Å². The van der Waals surface area contributed by atoms with Crippen molar-refractivity contribution in [2.75, 3.05) is 13.1 Å². The van der Waals surface area contributed by atoms with Gasteiger partial charge in [-0.3, -0.25) is 14.5 Å². The molecule has 1 aromatic rings. The van der Waals surface area contributed by atoms with Gasteiger partial charge in [0.05, 0.1) is 11.5 Å². The summed E-state index contributed by atoms with van der Waals surface area (Å²) >= 11 is 0. The van der Waals surface area contributed by atoms with Gasteiger partial charge < -0.3 is 16.8 Å². The lowest BCUT2D eigenvalue weighted by atomic mass is 9.97. The molecule has 0 aromatic heterocycles. The van der Waals surface area contributed by atoms with E-state index >= 15 is 0 Å². The summed E-state index contributed by atoms with van der Waals surface area (Å²) in [7, 11) is 0. The predicted octanol–water partition coefficient (Wildman–Crippen LogP) is 0.491. The Balaban J connectivity index is 1.55. The zero-order chi connectivity index (χ0) is 17.2. The highest BCUT2D eigenvalue weighted by Crippen LogP contribution is 2.32. The summed E-state index contributed by atoms with van der Waals surface area (Å²) in [4.78, 5) is 25.6. The molecule has 0 spiro atoms. The molecule has 2 amide bonds. The zero-order valence-corrected chi connectivity index (χ0v) is 14.0. The Morgan fingerprint density at radius 1 is 1.29 bits per heavy atom. The average molecular weight is 330 g/mol. The van der Waals surface area contributed by atoms with Gasteiger partial charge >= 0.3 is 0 Å². The van der Waals surface area contributed by atoms with Crippen molar-refractivity contribution in [3.63, 3.8) is 0 Å². The van der Waals surface area contributed by atoms with Gasteiger partial charge in [-0.2, -0.15) is 0 Å². The SMILES string of the molecule is NC(=O)C1CCCN(Cc2cccc(CNC(=O)C3(N)CC3)c2)C1. The molecule has 1 aliphatic carbocycles. The van der Waals surface area contributed by atoms with Crippen LogP contribution in [0.5, 0.6) is 0 Å². The normalized spacial score (nSPS) is 22.8. The smallest absolute Gasteiger partial charge is 0.240 e. The molecule has 0 radical (unpaired) electrons. The maximum absolute atomic E-state index is 11.9. The third-order valence-electron chi connectivity index (χ3n) is 5.00. The highest BCUT2D eigenvalue weighted by molar-refractivity contribution is 5.88. The van der Waals surface area contributed by atoms with Crippen LogP contribution in [0.2, 0.25) is 0 Å². The van der Waals surface area contributed by atoms with Crippen molar-refractivity contribution in [1.82, 2.24) is 10.2 Å². The second-order valence-electron chi connectivity index (χ2n) is 7.14. The minimum Gasteiger partial charge on any atom is -0.369 e. The molecule has 2 aliphatic rings. The second-order valence-corrected chi connectivity index (χ2v) is 7.14. The lowest BCUT2D eigenvalue weighted by Gasteiger charge is -2.31. The van der Waals surface area contributed by atoms with Gasteiger partial charge in [-0.25, -0.2) is 0 Å². The molecule has 2 fully saturated rings. The lowest BCUT2D eigenvalue weighted by Crippen LogP contribution is -2.42. The van der Waals surface area contributed by atoms with Crippen LogP contribution in [-0.4, -0.2) is 35.3 Å². The average Bonchev–Trinajstić information content (AvgIpc) is 3.32. The summed E-state index contributed by atoms with van der Waals surface area (Å²) in [6, 6.07) is 8.18. The Hall–Kier alpha value is -1.92. The number of piperidine rings is 1. The van der Waals surface area contributed by atoms with Crippen LogP contribution in [0.25, 0.3) is 0 Å². The third-order valence-corrected chi connectivity index (χ3v) is 5.00. The zero-order valence-electron chi connectivity index (χ0n) is 14.0. The van der Waals surface area contributed by atoms with E-state index in [1.807, 2.05) is 12.1 Å². The molecule has 1 unspecified atom stereocenters. The largest absolute Gasteiger partial charge is 0.369 e. The number of likely N-dealkylation sites (tertiary alicyclic amines) is 1. The Bertz CT molecular complexity index is 627. The van der Waals surface area contributed by atoms with E-state index in [1.54, 1.807) is 0 Å². The lowest BCUT2D eigenvalue weighted by molar-refractivity contribution is -0.124. The third kappa shape index (κ3) is 4.13. The fraction of sp³-hybridized carbons (Fsp3) is 0.556. The Morgan fingerprint density at radius 2 is 2.04 bits per heavy atom. The standard InChI is InChI=1S/C18H26N4O2/c19-16(23)15-5-2-8-22(12-15)11-14-4-1-3-13(9-14)10-21-17(24)18(20)6-7-18/h1,3-4,9,15H,2,5-8,10-12,20H2,(H2,19,23)(H,21,24). The summed E-state index contributed by atoms with van der Waals surface area (Å²) in [6.07, 6.45) is 3.43. The van der Waals surface area contributed by atoms with Crippen LogP contribution in [-0.2, 0) is 22.7 Å². The number of benzene rings is 1. The molecular weight excluding hydrogens is 304 g/mol. The number of nitrogens with two attached hydrogens (primary N) is 2. The minimum atomic E-state index is -0.630. The van der Waals surface area contributed by atoms with Crippen molar-refractivity contribution < 1.29 is 9.59 Å². The minimum absolute atomic E-state index is 0.0412. The fourth-order valence-electron chi connectivity index (χ4n) is 3.25. The molecule has 1 atom stereocenters. The summed E-state index contributed by atoms with van der Waals surface area (Å²) in [5, 5.41) is 2.92. The quantitative estimate of drug-likeness (QED) is 0.706. The van der Waals surface area contributed by atoms with E-state index in [2.05, 4.69) is 22.3 Å². The molecule has 1 heterocycles. The number of hydrogen-bond donors (Lipinski definition) is 3. The summed E-state index contributed by atoms with van der Waals surface area (Å²) in [6.45, 7) is 3.01. The van der Waals surface area contributed by atoms with Crippen LogP contribution >= 0.6 is 0 Å². The maximum atomic E-state index is 11.9. The molecule has 5 N–H and O–H groups in total. The monoisotopic (exact) mass is 330 g/mol. The molecule has 1 saturated carbocycles. The van der Waals surface area contributed by atoms with Gasteiger partial charge in [0.25, 0.3) is 0 Å². The number of nitrogens with zero attached hydrogens (tertiary/aromatic N) is 1. The van der Waals surface area contributed by atoms with Crippen LogP contribution in [0.4, 0.5) is 0 Å². The van der Waals surface area contributed by atoms with E-state index in [-0.39, 0.29) is 17.7 Å². The molecule has 0 bridgehead atoms. The number of hydrogen-bond acceptors (Lipinski definition) is 4. The second kappa shape index (κ2) is 6.91. The molecule has 6 heteroatoms. The van der Waals surface area contributed by atoms with E-state index in [0.29, 0.717) is 6.54 Å².